The van der Waals surface area contributed by atoms with E-state index in [1.165, 1.54) is 5.75 Å². The molecule has 2 fully saturated rings. The number of fused-ring (bicyclic) bond motifs is 1. The normalized spacial score (nSPS) is 39.8. The van der Waals surface area contributed by atoms with Crippen molar-refractivity contribution in [3.8, 4) is 0 Å². The van der Waals surface area contributed by atoms with Crippen LogP contribution in [0.3, 0.4) is 0 Å². The maximum atomic E-state index is 10.6. The zero-order valence-corrected chi connectivity index (χ0v) is 5.70. The highest BCUT2D eigenvalue weighted by Crippen LogP contribution is 2.27. The molecule has 0 aromatic rings. The molecule has 0 saturated carbocycles. The van der Waals surface area contributed by atoms with E-state index in [1.807, 2.05) is 11.8 Å². The lowest BCUT2D eigenvalue weighted by Gasteiger charge is -2.02. The third kappa shape index (κ3) is 0.775. The van der Waals surface area contributed by atoms with Gasteiger partial charge in [-0.05, 0) is 12.2 Å². The molecule has 2 heterocycles. The van der Waals surface area contributed by atoms with Gasteiger partial charge >= 0.3 is 6.03 Å². The second-order valence-electron chi connectivity index (χ2n) is 2.30. The summed E-state index contributed by atoms with van der Waals surface area (Å²) in [5.41, 5.74) is 0. The van der Waals surface area contributed by atoms with Crippen LogP contribution in [0.25, 0.3) is 0 Å². The summed E-state index contributed by atoms with van der Waals surface area (Å²) in [5.74, 6) is 1.17. The first-order chi connectivity index (χ1) is 4.36. The van der Waals surface area contributed by atoms with Crippen molar-refractivity contribution >= 4 is 17.8 Å². The highest BCUT2D eigenvalue weighted by Gasteiger charge is 2.35. The number of urea groups is 1. The Morgan fingerprint density at radius 3 is 3.22 bits per heavy atom. The molecular weight excluding hydrogens is 136 g/mol. The average molecular weight is 144 g/mol. The quantitative estimate of drug-likeness (QED) is 0.507. The molecule has 2 aliphatic rings. The van der Waals surface area contributed by atoms with Crippen molar-refractivity contribution in [3.63, 3.8) is 0 Å². The number of hydrogen-bond acceptors (Lipinski definition) is 2. The highest BCUT2D eigenvalue weighted by molar-refractivity contribution is 8.00. The van der Waals surface area contributed by atoms with E-state index in [-0.39, 0.29) is 6.03 Å². The third-order valence-electron chi connectivity index (χ3n) is 1.68. The van der Waals surface area contributed by atoms with E-state index in [9.17, 15) is 4.79 Å². The van der Waals surface area contributed by atoms with Gasteiger partial charge in [-0.2, -0.15) is 0 Å². The summed E-state index contributed by atoms with van der Waals surface area (Å²) in [6.07, 6.45) is 1.12. The maximum Gasteiger partial charge on any atom is 0.316 e. The minimum absolute atomic E-state index is 0.00259. The van der Waals surface area contributed by atoms with Crippen molar-refractivity contribution in [3.05, 3.63) is 0 Å². The van der Waals surface area contributed by atoms with Crippen LogP contribution in [-0.2, 0) is 0 Å². The fourth-order valence-electron chi connectivity index (χ4n) is 1.22. The Labute approximate surface area is 57.6 Å². The Morgan fingerprint density at radius 2 is 2.44 bits per heavy atom. The number of carbonyl (C=O) groups is 1. The van der Waals surface area contributed by atoms with Gasteiger partial charge in [0.05, 0.1) is 11.4 Å². The molecule has 2 amide bonds. The van der Waals surface area contributed by atoms with Gasteiger partial charge in [0.2, 0.25) is 0 Å². The fourth-order valence-corrected chi connectivity index (χ4v) is 2.49. The van der Waals surface area contributed by atoms with Gasteiger partial charge in [0.25, 0.3) is 0 Å². The molecule has 0 radical (unpaired) electrons. The summed E-state index contributed by atoms with van der Waals surface area (Å²) in [4.78, 5) is 10.6. The van der Waals surface area contributed by atoms with Crippen LogP contribution in [0.1, 0.15) is 6.42 Å². The zero-order valence-electron chi connectivity index (χ0n) is 4.89. The number of rotatable bonds is 0. The van der Waals surface area contributed by atoms with E-state index in [2.05, 4.69) is 10.6 Å². The molecular formula is C5H8N2OS. The lowest BCUT2D eigenvalue weighted by Crippen LogP contribution is -2.26. The lowest BCUT2D eigenvalue weighted by molar-refractivity contribution is 0.247. The summed E-state index contributed by atoms with van der Waals surface area (Å²) in [7, 11) is 0. The lowest BCUT2D eigenvalue weighted by atomic mass is 10.2. The number of thioether (sulfide) groups is 1. The van der Waals surface area contributed by atoms with Crippen LogP contribution in [0, 0.1) is 0 Å². The minimum Gasteiger partial charge on any atom is -0.332 e. The van der Waals surface area contributed by atoms with E-state index >= 15 is 0 Å². The van der Waals surface area contributed by atoms with Gasteiger partial charge in [0, 0.05) is 0 Å². The summed E-state index contributed by atoms with van der Waals surface area (Å²) in [5, 5.41) is 6.03. The van der Waals surface area contributed by atoms with Gasteiger partial charge in [0.1, 0.15) is 0 Å². The minimum atomic E-state index is -0.00259. The monoisotopic (exact) mass is 144 g/mol. The van der Waals surface area contributed by atoms with Gasteiger partial charge in [0.15, 0.2) is 0 Å². The second kappa shape index (κ2) is 1.80. The van der Waals surface area contributed by atoms with Crippen LogP contribution in [0.4, 0.5) is 4.79 Å². The Balaban J connectivity index is 2.09. The summed E-state index contributed by atoms with van der Waals surface area (Å²) >= 11 is 1.82. The van der Waals surface area contributed by atoms with Crippen LogP contribution < -0.4 is 10.6 Å². The van der Waals surface area contributed by atoms with E-state index in [0.29, 0.717) is 11.4 Å². The van der Waals surface area contributed by atoms with E-state index in [4.69, 9.17) is 0 Å². The van der Waals surface area contributed by atoms with E-state index in [1.54, 1.807) is 0 Å². The first kappa shape index (κ1) is 5.41. The van der Waals surface area contributed by atoms with Gasteiger partial charge in [-0.15, -0.1) is 11.8 Å². The molecule has 2 N–H and O–H groups in total. The third-order valence-corrected chi connectivity index (χ3v) is 2.96. The van der Waals surface area contributed by atoms with Crippen molar-refractivity contribution in [2.45, 2.75) is 17.8 Å². The maximum absolute atomic E-state index is 10.6. The highest BCUT2D eigenvalue weighted by atomic mass is 32.2. The number of amides is 2. The molecule has 0 aromatic carbocycles. The van der Waals surface area contributed by atoms with E-state index in [0.717, 1.165) is 6.42 Å². The molecule has 2 unspecified atom stereocenters. The van der Waals surface area contributed by atoms with Crippen LogP contribution in [-0.4, -0.2) is 23.2 Å². The van der Waals surface area contributed by atoms with Crippen molar-refractivity contribution in [1.82, 2.24) is 10.6 Å². The number of carbonyl (C=O) groups excluding carboxylic acids is 1. The summed E-state index contributed by atoms with van der Waals surface area (Å²) < 4.78 is 0. The molecule has 3 nitrogen and oxygen atoms in total. The van der Waals surface area contributed by atoms with Gasteiger partial charge in [-0.3, -0.25) is 0 Å². The molecule has 0 aliphatic carbocycles. The molecule has 0 bridgehead atoms. The van der Waals surface area contributed by atoms with Gasteiger partial charge < -0.3 is 10.6 Å². The number of hydrogen-bond donors (Lipinski definition) is 2. The fraction of sp³-hybridized carbons (Fsp3) is 0.800. The molecule has 2 atom stereocenters. The van der Waals surface area contributed by atoms with Crippen LogP contribution in [0.5, 0.6) is 0 Å². The molecule has 50 valence electrons. The topological polar surface area (TPSA) is 41.1 Å². The van der Waals surface area contributed by atoms with Crippen molar-refractivity contribution < 1.29 is 4.79 Å². The van der Waals surface area contributed by atoms with Crippen molar-refractivity contribution in [2.75, 3.05) is 5.75 Å². The van der Waals surface area contributed by atoms with Gasteiger partial charge in [-0.25, -0.2) is 4.79 Å². The first-order valence-electron chi connectivity index (χ1n) is 3.05. The number of nitrogens with one attached hydrogen (secondary N) is 2. The Morgan fingerprint density at radius 1 is 1.56 bits per heavy atom. The van der Waals surface area contributed by atoms with Gasteiger partial charge in [-0.1, -0.05) is 0 Å². The Bertz CT molecular complexity index is 136. The zero-order chi connectivity index (χ0) is 6.27. The summed E-state index contributed by atoms with van der Waals surface area (Å²) in [6.45, 7) is 0. The molecule has 2 saturated heterocycles. The molecule has 0 aromatic heterocycles. The second-order valence-corrected chi connectivity index (χ2v) is 3.55. The SMILES string of the molecule is O=C1NC2CCSC2N1. The average Bonchev–Trinajstić information content (AvgIpc) is 2.22. The summed E-state index contributed by atoms with van der Waals surface area (Å²) in [6, 6.07) is 0.402. The molecule has 9 heavy (non-hydrogen) atoms. The van der Waals surface area contributed by atoms with Crippen LogP contribution in [0.2, 0.25) is 0 Å². The molecule has 2 rings (SSSR count). The first-order valence-corrected chi connectivity index (χ1v) is 4.10. The van der Waals surface area contributed by atoms with Crippen molar-refractivity contribution in [1.29, 1.82) is 0 Å². The standard InChI is InChI=1S/C5H8N2OS/c8-5-6-3-1-2-9-4(3)7-5/h3-4H,1-2H2,(H2,6,7,8). The Kier molecular flexibility index (Phi) is 1.08. The smallest absolute Gasteiger partial charge is 0.316 e. The Hall–Kier alpha value is -0.380. The molecule has 4 heteroatoms. The largest absolute Gasteiger partial charge is 0.332 e. The molecule has 2 aliphatic heterocycles. The van der Waals surface area contributed by atoms with Crippen molar-refractivity contribution in [2.24, 2.45) is 0 Å². The predicted molar refractivity (Wildman–Crippen MR) is 36.3 cm³/mol. The van der Waals surface area contributed by atoms with Crippen LogP contribution >= 0.6 is 11.8 Å². The van der Waals surface area contributed by atoms with Crippen LogP contribution in [0.15, 0.2) is 0 Å². The predicted octanol–water partition coefficient (Wildman–Crippen LogP) is 0.131. The van der Waals surface area contributed by atoms with E-state index < -0.39 is 0 Å². The molecule has 0 spiro atoms.